The molecule has 1 saturated heterocycles. The van der Waals surface area contributed by atoms with Crippen LogP contribution in [-0.4, -0.2) is 29.0 Å². The van der Waals surface area contributed by atoms with E-state index in [-0.39, 0.29) is 11.3 Å². The monoisotopic (exact) mass is 219 g/mol. The number of hydrogen-bond acceptors (Lipinski definition) is 3. The first-order valence-electron chi connectivity index (χ1n) is 4.85. The lowest BCUT2D eigenvalue weighted by Gasteiger charge is -2.28. The van der Waals surface area contributed by atoms with E-state index >= 15 is 0 Å². The predicted molar refractivity (Wildman–Crippen MR) is 56.5 cm³/mol. The zero-order chi connectivity index (χ0) is 11.0. The summed E-state index contributed by atoms with van der Waals surface area (Å²) in [4.78, 5) is 11.8. The molecule has 1 aliphatic rings. The Morgan fingerprint density at radius 1 is 1.57 bits per heavy atom. The first kappa shape index (κ1) is 11.8. The second-order valence-electron chi connectivity index (χ2n) is 5.02. The fourth-order valence-corrected chi connectivity index (χ4v) is 1.86. The molecule has 1 N–H and O–H groups in total. The second-order valence-corrected chi connectivity index (χ2v) is 5.63. The maximum Gasteiger partial charge on any atom is 0.326 e. The van der Waals surface area contributed by atoms with E-state index in [4.69, 9.17) is 16.3 Å². The Kier molecular flexibility index (Phi) is 3.12. The molecule has 3 nitrogen and oxygen atoms in total. The molecule has 4 heteroatoms. The molecule has 0 amide bonds. The first-order chi connectivity index (χ1) is 6.23. The van der Waals surface area contributed by atoms with Crippen molar-refractivity contribution in [2.45, 2.75) is 50.6 Å². The molecular weight excluding hydrogens is 202 g/mol. The van der Waals surface area contributed by atoms with E-state index in [1.807, 2.05) is 27.7 Å². The van der Waals surface area contributed by atoms with Gasteiger partial charge in [0.2, 0.25) is 0 Å². The number of esters is 1. The van der Waals surface area contributed by atoms with Crippen LogP contribution in [0.1, 0.15) is 34.1 Å². The fourth-order valence-electron chi connectivity index (χ4n) is 1.47. The van der Waals surface area contributed by atoms with Crippen LogP contribution in [0, 0.1) is 0 Å². The van der Waals surface area contributed by atoms with Crippen LogP contribution in [0.4, 0.5) is 0 Å². The van der Waals surface area contributed by atoms with E-state index < -0.39 is 11.1 Å². The van der Waals surface area contributed by atoms with E-state index in [9.17, 15) is 4.79 Å². The molecule has 0 aromatic carbocycles. The first-order valence-corrected chi connectivity index (χ1v) is 5.29. The van der Waals surface area contributed by atoms with Gasteiger partial charge >= 0.3 is 5.97 Å². The van der Waals surface area contributed by atoms with Crippen LogP contribution < -0.4 is 5.32 Å². The van der Waals surface area contributed by atoms with Crippen LogP contribution >= 0.6 is 11.6 Å². The number of alkyl halides is 1. The molecule has 1 rings (SSSR count). The van der Waals surface area contributed by atoms with Crippen LogP contribution in [0.3, 0.4) is 0 Å². The van der Waals surface area contributed by atoms with Crippen LogP contribution in [0.15, 0.2) is 0 Å². The standard InChI is InChI=1S/C10H18ClNO2/c1-9(2,3)14-8(13)10(4)5-7(11)6-12-10/h7,12H,5-6H2,1-4H3/t7-,10-/m0/s1. The van der Waals surface area contributed by atoms with Gasteiger partial charge in [-0.25, -0.2) is 0 Å². The molecule has 2 atom stereocenters. The summed E-state index contributed by atoms with van der Waals surface area (Å²) in [5.74, 6) is -0.215. The summed E-state index contributed by atoms with van der Waals surface area (Å²) in [6, 6.07) is 0. The predicted octanol–water partition coefficient (Wildman–Crippen LogP) is 1.69. The van der Waals surface area contributed by atoms with Gasteiger partial charge < -0.3 is 10.1 Å². The molecular formula is C10H18ClNO2. The summed E-state index contributed by atoms with van der Waals surface area (Å²) in [5, 5.41) is 3.12. The number of halogens is 1. The Morgan fingerprint density at radius 3 is 2.50 bits per heavy atom. The Balaban J connectivity index is 2.61. The van der Waals surface area contributed by atoms with Crippen molar-refractivity contribution in [3.05, 3.63) is 0 Å². The van der Waals surface area contributed by atoms with Crippen LogP contribution in [0.25, 0.3) is 0 Å². The minimum Gasteiger partial charge on any atom is -0.459 e. The van der Waals surface area contributed by atoms with E-state index in [0.717, 1.165) is 0 Å². The van der Waals surface area contributed by atoms with Gasteiger partial charge in [-0.1, -0.05) is 0 Å². The third-order valence-corrected chi connectivity index (χ3v) is 2.50. The second kappa shape index (κ2) is 3.70. The van der Waals surface area contributed by atoms with Gasteiger partial charge in [0.1, 0.15) is 11.1 Å². The van der Waals surface area contributed by atoms with Gasteiger partial charge in [-0.15, -0.1) is 11.6 Å². The zero-order valence-corrected chi connectivity index (χ0v) is 9.94. The van der Waals surface area contributed by atoms with Gasteiger partial charge in [-0.05, 0) is 34.1 Å². The van der Waals surface area contributed by atoms with Crippen molar-refractivity contribution in [3.8, 4) is 0 Å². The number of rotatable bonds is 1. The quantitative estimate of drug-likeness (QED) is 0.539. The van der Waals surface area contributed by atoms with Gasteiger partial charge in [-0.2, -0.15) is 0 Å². The summed E-state index contributed by atoms with van der Waals surface area (Å²) >= 11 is 5.94. The zero-order valence-electron chi connectivity index (χ0n) is 9.19. The highest BCUT2D eigenvalue weighted by Gasteiger charge is 2.42. The molecule has 1 aliphatic heterocycles. The molecule has 0 aliphatic carbocycles. The molecule has 0 radical (unpaired) electrons. The molecule has 1 fully saturated rings. The van der Waals surface area contributed by atoms with Crippen molar-refractivity contribution in [1.82, 2.24) is 5.32 Å². The van der Waals surface area contributed by atoms with Crippen molar-refractivity contribution in [2.24, 2.45) is 0 Å². The van der Waals surface area contributed by atoms with Crippen LogP contribution in [0.2, 0.25) is 0 Å². The van der Waals surface area contributed by atoms with Crippen molar-refractivity contribution >= 4 is 17.6 Å². The van der Waals surface area contributed by atoms with Crippen molar-refractivity contribution in [3.63, 3.8) is 0 Å². The maximum absolute atomic E-state index is 11.8. The minimum absolute atomic E-state index is 0.0209. The number of carbonyl (C=O) groups is 1. The third kappa shape index (κ3) is 2.85. The van der Waals surface area contributed by atoms with Crippen molar-refractivity contribution in [2.75, 3.05) is 6.54 Å². The maximum atomic E-state index is 11.8. The van der Waals surface area contributed by atoms with E-state index in [2.05, 4.69) is 5.32 Å². The van der Waals surface area contributed by atoms with E-state index in [1.165, 1.54) is 0 Å². The van der Waals surface area contributed by atoms with Gasteiger partial charge in [0.25, 0.3) is 0 Å². The highest BCUT2D eigenvalue weighted by molar-refractivity contribution is 6.21. The number of carbonyl (C=O) groups excluding carboxylic acids is 1. The Hall–Kier alpha value is -0.280. The highest BCUT2D eigenvalue weighted by Crippen LogP contribution is 2.25. The molecule has 0 unspecified atom stereocenters. The molecule has 0 aromatic heterocycles. The van der Waals surface area contributed by atoms with Crippen molar-refractivity contribution < 1.29 is 9.53 Å². The topological polar surface area (TPSA) is 38.3 Å². The van der Waals surface area contributed by atoms with Crippen LogP contribution in [-0.2, 0) is 9.53 Å². The number of hydrogen-bond donors (Lipinski definition) is 1. The third-order valence-electron chi connectivity index (χ3n) is 2.19. The molecule has 0 bridgehead atoms. The summed E-state index contributed by atoms with van der Waals surface area (Å²) in [5.41, 5.74) is -1.05. The van der Waals surface area contributed by atoms with Gasteiger partial charge in [0.15, 0.2) is 0 Å². The molecule has 0 spiro atoms. The Labute approximate surface area is 90.1 Å². The number of nitrogens with one attached hydrogen (secondary N) is 1. The van der Waals surface area contributed by atoms with E-state index in [0.29, 0.717) is 13.0 Å². The summed E-state index contributed by atoms with van der Waals surface area (Å²) < 4.78 is 5.31. The van der Waals surface area contributed by atoms with Gasteiger partial charge in [0.05, 0.1) is 0 Å². The minimum atomic E-state index is -0.611. The lowest BCUT2D eigenvalue weighted by molar-refractivity contribution is -0.161. The normalized spacial score (nSPS) is 33.1. The molecule has 0 saturated carbocycles. The molecule has 0 aromatic rings. The van der Waals surface area contributed by atoms with Gasteiger partial charge in [0, 0.05) is 11.9 Å². The average molecular weight is 220 g/mol. The molecule has 1 heterocycles. The van der Waals surface area contributed by atoms with Crippen LogP contribution in [0.5, 0.6) is 0 Å². The van der Waals surface area contributed by atoms with Gasteiger partial charge in [-0.3, -0.25) is 4.79 Å². The summed E-state index contributed by atoms with van der Waals surface area (Å²) in [7, 11) is 0. The summed E-state index contributed by atoms with van der Waals surface area (Å²) in [6.07, 6.45) is 0.628. The smallest absolute Gasteiger partial charge is 0.326 e. The fraction of sp³-hybridized carbons (Fsp3) is 0.900. The Bertz CT molecular complexity index is 237. The molecule has 14 heavy (non-hydrogen) atoms. The average Bonchev–Trinajstić information content (AvgIpc) is 2.29. The highest BCUT2D eigenvalue weighted by atomic mass is 35.5. The van der Waals surface area contributed by atoms with E-state index in [1.54, 1.807) is 0 Å². The summed E-state index contributed by atoms with van der Waals surface area (Å²) in [6.45, 7) is 8.09. The Morgan fingerprint density at radius 2 is 2.14 bits per heavy atom. The molecule has 82 valence electrons. The lowest BCUT2D eigenvalue weighted by Crippen LogP contribution is -2.48. The largest absolute Gasteiger partial charge is 0.459 e. The SMILES string of the molecule is CC(C)(C)OC(=O)[C@]1(C)C[C@H](Cl)CN1. The number of ether oxygens (including phenoxy) is 1. The van der Waals surface area contributed by atoms with Crippen molar-refractivity contribution in [1.29, 1.82) is 0 Å². The lowest BCUT2D eigenvalue weighted by atomic mass is 10.0.